The maximum atomic E-state index is 12.5. The first-order chi connectivity index (χ1) is 14.6. The highest BCUT2D eigenvalue weighted by atomic mass is 16.6. The van der Waals surface area contributed by atoms with Crippen LogP contribution in [-0.2, 0) is 9.53 Å². The van der Waals surface area contributed by atoms with Crippen molar-refractivity contribution in [1.29, 1.82) is 0 Å². The third kappa shape index (κ3) is 4.85. The van der Waals surface area contributed by atoms with Crippen molar-refractivity contribution in [2.75, 3.05) is 13.7 Å². The summed E-state index contributed by atoms with van der Waals surface area (Å²) >= 11 is 0. The molecule has 0 fully saturated rings. The molecule has 8 heteroatoms. The number of ether oxygens (including phenoxy) is 2. The van der Waals surface area contributed by atoms with Crippen LogP contribution in [0.15, 0.2) is 51.7 Å². The summed E-state index contributed by atoms with van der Waals surface area (Å²) in [6.07, 6.45) is 0. The Kier molecular flexibility index (Phi) is 6.01. The number of methoxy groups -OCH3 is 1. The molecule has 0 atom stereocenters. The van der Waals surface area contributed by atoms with E-state index in [0.717, 1.165) is 0 Å². The second-order valence-corrected chi connectivity index (χ2v) is 7.80. The van der Waals surface area contributed by atoms with Gasteiger partial charge in [-0.15, -0.1) is 0 Å². The average molecular weight is 425 g/mol. The molecule has 3 aromatic rings. The Morgan fingerprint density at radius 1 is 1.13 bits per heavy atom. The molecule has 0 bridgehead atoms. The van der Waals surface area contributed by atoms with E-state index in [1.807, 2.05) is 0 Å². The first-order valence-electron chi connectivity index (χ1n) is 9.54. The Hall–Kier alpha value is -3.81. The van der Waals surface area contributed by atoms with Gasteiger partial charge in [0.15, 0.2) is 5.56 Å². The molecule has 3 rings (SSSR count). The highest BCUT2D eigenvalue weighted by Gasteiger charge is 2.24. The number of benzene rings is 2. The van der Waals surface area contributed by atoms with Gasteiger partial charge in [-0.1, -0.05) is 24.3 Å². The van der Waals surface area contributed by atoms with E-state index in [4.69, 9.17) is 13.9 Å². The quantitative estimate of drug-likeness (QED) is 0.476. The molecule has 0 spiro atoms. The van der Waals surface area contributed by atoms with E-state index in [1.54, 1.807) is 57.2 Å². The van der Waals surface area contributed by atoms with Gasteiger partial charge < -0.3 is 24.3 Å². The molecule has 0 saturated carbocycles. The zero-order chi connectivity index (χ0) is 22.8. The number of aromatic hydroxyl groups is 1. The first kappa shape index (κ1) is 21.9. The fraction of sp³-hybridized carbons (Fsp3) is 0.261. The molecular weight excluding hydrogens is 402 g/mol. The third-order valence-electron chi connectivity index (χ3n) is 4.33. The van der Waals surface area contributed by atoms with Crippen LogP contribution in [-0.4, -0.2) is 36.2 Å². The summed E-state index contributed by atoms with van der Waals surface area (Å²) in [6.45, 7) is 4.61. The number of para-hydroxylation sites is 1. The van der Waals surface area contributed by atoms with Crippen molar-refractivity contribution in [2.24, 2.45) is 0 Å². The van der Waals surface area contributed by atoms with E-state index in [-0.39, 0.29) is 11.0 Å². The minimum Gasteiger partial charge on any atom is -0.506 e. The molecule has 31 heavy (non-hydrogen) atoms. The van der Waals surface area contributed by atoms with Gasteiger partial charge in [0.25, 0.3) is 5.91 Å². The minimum absolute atomic E-state index is 0.127. The molecule has 2 N–H and O–H groups in total. The lowest BCUT2D eigenvalue weighted by Crippen LogP contribution is -2.36. The van der Waals surface area contributed by atoms with Crippen molar-refractivity contribution < 1.29 is 28.6 Å². The molecule has 0 unspecified atom stereocenters. The van der Waals surface area contributed by atoms with Gasteiger partial charge >= 0.3 is 11.6 Å². The fourth-order valence-electron chi connectivity index (χ4n) is 3.05. The number of amides is 1. The Bertz CT molecular complexity index is 1200. The number of nitrogens with one attached hydrogen (secondary N) is 1. The summed E-state index contributed by atoms with van der Waals surface area (Å²) in [6, 6.07) is 12.0. The Morgan fingerprint density at radius 3 is 2.52 bits per heavy atom. The lowest BCUT2D eigenvalue weighted by Gasteiger charge is -2.19. The molecule has 0 radical (unpaired) electrons. The second-order valence-electron chi connectivity index (χ2n) is 7.80. The van der Waals surface area contributed by atoms with Crippen molar-refractivity contribution >= 4 is 22.8 Å². The van der Waals surface area contributed by atoms with E-state index in [9.17, 15) is 19.5 Å². The van der Waals surface area contributed by atoms with Crippen molar-refractivity contribution in [3.8, 4) is 22.6 Å². The van der Waals surface area contributed by atoms with Gasteiger partial charge in [-0.05, 0) is 44.5 Å². The zero-order valence-corrected chi connectivity index (χ0v) is 17.6. The largest absolute Gasteiger partial charge is 0.506 e. The van der Waals surface area contributed by atoms with Gasteiger partial charge in [-0.2, -0.15) is 0 Å². The van der Waals surface area contributed by atoms with Gasteiger partial charge in [-0.25, -0.2) is 4.79 Å². The van der Waals surface area contributed by atoms with Crippen molar-refractivity contribution in [2.45, 2.75) is 26.4 Å². The lowest BCUT2D eigenvalue weighted by atomic mass is 10.0. The van der Waals surface area contributed by atoms with E-state index in [1.165, 1.54) is 13.2 Å². The van der Waals surface area contributed by atoms with Gasteiger partial charge in [0.2, 0.25) is 0 Å². The normalized spacial score (nSPS) is 11.2. The van der Waals surface area contributed by atoms with E-state index in [2.05, 4.69) is 5.32 Å². The molecule has 1 aromatic heterocycles. The van der Waals surface area contributed by atoms with Crippen LogP contribution in [0.2, 0.25) is 0 Å². The average Bonchev–Trinajstić information content (AvgIpc) is 2.70. The molecule has 0 aliphatic heterocycles. The summed E-state index contributed by atoms with van der Waals surface area (Å²) in [5, 5.41) is 13.1. The lowest BCUT2D eigenvalue weighted by molar-refractivity contribution is -0.153. The number of carbonyl (C=O) groups is 2. The SMILES string of the molecule is COc1cccc(-c2cccc3c(O)c(C(=O)NCC(=O)OC(C)(C)C)c(=O)oc23)c1. The first-order valence-corrected chi connectivity index (χ1v) is 9.54. The van der Waals surface area contributed by atoms with Gasteiger partial charge in [0.05, 0.1) is 12.5 Å². The number of esters is 1. The van der Waals surface area contributed by atoms with Crippen LogP contribution < -0.4 is 15.7 Å². The van der Waals surface area contributed by atoms with Crippen LogP contribution in [0.3, 0.4) is 0 Å². The summed E-state index contributed by atoms with van der Waals surface area (Å²) in [4.78, 5) is 36.8. The predicted octanol–water partition coefficient (Wildman–Crippen LogP) is 3.25. The highest BCUT2D eigenvalue weighted by Crippen LogP contribution is 2.34. The molecule has 1 amide bonds. The molecule has 0 aliphatic rings. The molecule has 1 heterocycles. The Morgan fingerprint density at radius 2 is 1.84 bits per heavy atom. The molecule has 0 aliphatic carbocycles. The van der Waals surface area contributed by atoms with Crippen molar-refractivity contribution in [3.63, 3.8) is 0 Å². The third-order valence-corrected chi connectivity index (χ3v) is 4.33. The Labute approximate surface area is 178 Å². The number of rotatable bonds is 5. The van der Waals surface area contributed by atoms with Crippen LogP contribution in [0.5, 0.6) is 11.5 Å². The highest BCUT2D eigenvalue weighted by molar-refractivity contribution is 6.04. The van der Waals surface area contributed by atoms with Gasteiger partial charge in [0.1, 0.15) is 29.2 Å². The minimum atomic E-state index is -1.03. The monoisotopic (exact) mass is 425 g/mol. The van der Waals surface area contributed by atoms with Gasteiger partial charge in [0, 0.05) is 5.56 Å². The van der Waals surface area contributed by atoms with Crippen LogP contribution in [0, 0.1) is 0 Å². The number of carbonyl (C=O) groups excluding carboxylic acids is 2. The molecule has 8 nitrogen and oxygen atoms in total. The maximum Gasteiger partial charge on any atom is 0.353 e. The van der Waals surface area contributed by atoms with Crippen LogP contribution in [0.25, 0.3) is 22.1 Å². The van der Waals surface area contributed by atoms with E-state index in [0.29, 0.717) is 16.9 Å². The number of fused-ring (bicyclic) bond motifs is 1. The van der Waals surface area contributed by atoms with E-state index >= 15 is 0 Å². The van der Waals surface area contributed by atoms with Crippen LogP contribution in [0.4, 0.5) is 0 Å². The van der Waals surface area contributed by atoms with Crippen molar-refractivity contribution in [1.82, 2.24) is 5.32 Å². The number of hydrogen-bond acceptors (Lipinski definition) is 7. The molecular formula is C23H23NO7. The predicted molar refractivity (Wildman–Crippen MR) is 114 cm³/mol. The molecule has 0 saturated heterocycles. The summed E-state index contributed by atoms with van der Waals surface area (Å²) in [5.74, 6) is -1.53. The maximum absolute atomic E-state index is 12.5. The zero-order valence-electron chi connectivity index (χ0n) is 17.6. The Balaban J connectivity index is 1.98. The second kappa shape index (κ2) is 8.51. The summed E-state index contributed by atoms with van der Waals surface area (Å²) in [7, 11) is 1.54. The van der Waals surface area contributed by atoms with E-state index < -0.39 is 41.0 Å². The topological polar surface area (TPSA) is 115 Å². The smallest absolute Gasteiger partial charge is 0.353 e. The fourth-order valence-corrected chi connectivity index (χ4v) is 3.05. The van der Waals surface area contributed by atoms with Crippen LogP contribution in [0.1, 0.15) is 31.1 Å². The van der Waals surface area contributed by atoms with Crippen LogP contribution >= 0.6 is 0 Å². The van der Waals surface area contributed by atoms with Crippen molar-refractivity contribution in [3.05, 3.63) is 58.4 Å². The molecule has 162 valence electrons. The number of hydrogen-bond donors (Lipinski definition) is 2. The standard InChI is InChI=1S/C23H23NO7/c1-23(2,3)31-17(25)12-24-21(27)18-19(26)16-10-6-9-15(20(16)30-22(18)28)13-7-5-8-14(11-13)29-4/h5-11,26H,12H2,1-4H3,(H,24,27). The summed E-state index contributed by atoms with van der Waals surface area (Å²) < 4.78 is 15.7. The summed E-state index contributed by atoms with van der Waals surface area (Å²) in [5.41, 5.74) is -0.954. The molecule has 2 aromatic carbocycles. The van der Waals surface area contributed by atoms with Gasteiger partial charge in [-0.3, -0.25) is 9.59 Å².